The molecule has 162 valence electrons. The van der Waals surface area contributed by atoms with Crippen molar-refractivity contribution >= 4 is 43.1 Å². The van der Waals surface area contributed by atoms with Gasteiger partial charge in [-0.15, -0.1) is 0 Å². The predicted molar refractivity (Wildman–Crippen MR) is 129 cm³/mol. The summed E-state index contributed by atoms with van der Waals surface area (Å²) in [5.74, 6) is 0. The fraction of sp³-hybridized carbons (Fsp3) is 0.0800. The summed E-state index contributed by atoms with van der Waals surface area (Å²) in [6, 6.07) is 18.5. The van der Waals surface area contributed by atoms with Crippen LogP contribution in [0.15, 0.2) is 78.1 Å². The number of hydrogen-bond donors (Lipinski definition) is 1. The summed E-state index contributed by atoms with van der Waals surface area (Å²) < 4.78 is 26.7. The van der Waals surface area contributed by atoms with Gasteiger partial charge in [0.15, 0.2) is 9.84 Å². The number of nitrogens with zero attached hydrogens (tertiary/aromatic N) is 4. The number of nitriles is 1. The van der Waals surface area contributed by atoms with Crippen LogP contribution in [0.2, 0.25) is 0 Å². The molecule has 8 heteroatoms. The summed E-state index contributed by atoms with van der Waals surface area (Å²) in [4.78, 5) is 9.13. The monoisotopic (exact) mass is 453 g/mol. The Morgan fingerprint density at radius 1 is 1.00 bits per heavy atom. The maximum absolute atomic E-state index is 12.3. The highest BCUT2D eigenvalue weighted by atomic mass is 32.2. The summed E-state index contributed by atoms with van der Waals surface area (Å²) in [6.07, 6.45) is 6.43. The molecule has 5 rings (SSSR count). The van der Waals surface area contributed by atoms with Crippen molar-refractivity contribution < 1.29 is 8.42 Å². The van der Waals surface area contributed by atoms with E-state index in [1.165, 1.54) is 18.2 Å². The lowest BCUT2D eigenvalue weighted by atomic mass is 10.0. The van der Waals surface area contributed by atoms with Crippen molar-refractivity contribution in [2.75, 3.05) is 11.6 Å². The van der Waals surface area contributed by atoms with Gasteiger partial charge in [-0.2, -0.15) is 5.26 Å². The molecular weight excluding hydrogens is 434 g/mol. The Morgan fingerprint density at radius 2 is 1.82 bits per heavy atom. The van der Waals surface area contributed by atoms with E-state index in [1.807, 2.05) is 31.4 Å². The van der Waals surface area contributed by atoms with Gasteiger partial charge in [0, 0.05) is 48.7 Å². The highest BCUT2D eigenvalue weighted by Crippen LogP contribution is 2.34. The average Bonchev–Trinajstić information content (AvgIpc) is 3.17. The SMILES string of the molecule is Cn1ccc2ccc(-c3cc(Nc4cc(C#N)ccc4S(C)(=O)=O)cc4nccnc34)cc21. The average molecular weight is 454 g/mol. The molecule has 0 saturated carbocycles. The molecule has 3 aromatic carbocycles. The molecule has 2 heterocycles. The second-order valence-electron chi connectivity index (χ2n) is 7.87. The molecular formula is C25H19N5O2S. The fourth-order valence-electron chi connectivity index (χ4n) is 3.97. The molecule has 0 amide bonds. The minimum atomic E-state index is -3.51. The van der Waals surface area contributed by atoms with E-state index >= 15 is 0 Å². The van der Waals surface area contributed by atoms with Crippen molar-refractivity contribution in [3.8, 4) is 17.2 Å². The maximum Gasteiger partial charge on any atom is 0.177 e. The number of fused-ring (bicyclic) bond motifs is 2. The normalized spacial score (nSPS) is 11.5. The summed E-state index contributed by atoms with van der Waals surface area (Å²) in [6.45, 7) is 0. The van der Waals surface area contributed by atoms with E-state index in [9.17, 15) is 13.7 Å². The molecule has 7 nitrogen and oxygen atoms in total. The summed E-state index contributed by atoms with van der Waals surface area (Å²) in [5, 5.41) is 13.6. The number of aryl methyl sites for hydroxylation is 1. The Bertz CT molecular complexity index is 1700. The molecule has 0 aliphatic carbocycles. The van der Waals surface area contributed by atoms with Gasteiger partial charge in [-0.3, -0.25) is 9.97 Å². The number of aromatic nitrogens is 3. The van der Waals surface area contributed by atoms with Crippen molar-refractivity contribution in [2.45, 2.75) is 4.90 Å². The molecule has 2 aromatic heterocycles. The van der Waals surface area contributed by atoms with Gasteiger partial charge in [0.05, 0.1) is 33.2 Å². The van der Waals surface area contributed by atoms with Gasteiger partial charge in [-0.05, 0) is 53.4 Å². The van der Waals surface area contributed by atoms with E-state index in [4.69, 9.17) is 0 Å². The predicted octanol–water partition coefficient (Wildman–Crippen LogP) is 4.81. The van der Waals surface area contributed by atoms with E-state index in [0.717, 1.165) is 33.8 Å². The minimum Gasteiger partial charge on any atom is -0.354 e. The highest BCUT2D eigenvalue weighted by molar-refractivity contribution is 7.90. The third-order valence-corrected chi connectivity index (χ3v) is 6.71. The topological polar surface area (TPSA) is 101 Å². The van der Waals surface area contributed by atoms with Crippen LogP contribution in [0, 0.1) is 11.3 Å². The summed E-state index contributed by atoms with van der Waals surface area (Å²) >= 11 is 0. The zero-order valence-electron chi connectivity index (χ0n) is 17.9. The van der Waals surface area contributed by atoms with Gasteiger partial charge in [-0.25, -0.2) is 8.42 Å². The lowest BCUT2D eigenvalue weighted by Gasteiger charge is -2.14. The van der Waals surface area contributed by atoms with Gasteiger partial charge in [0.2, 0.25) is 0 Å². The Morgan fingerprint density at radius 3 is 2.61 bits per heavy atom. The van der Waals surface area contributed by atoms with E-state index < -0.39 is 9.84 Å². The molecule has 0 atom stereocenters. The molecule has 0 fully saturated rings. The standard InChI is InChI=1S/C25H19N5O2S/c1-30-10-7-17-4-5-18(12-23(17)30)20-13-19(14-22-25(20)28-9-8-27-22)29-21-11-16(15-26)3-6-24(21)33(2,31)32/h3-14,29H,1-2H3. The molecule has 0 saturated heterocycles. The van der Waals surface area contributed by atoms with Crippen molar-refractivity contribution in [1.29, 1.82) is 5.26 Å². The molecule has 5 aromatic rings. The summed E-state index contributed by atoms with van der Waals surface area (Å²) in [7, 11) is -1.51. The second-order valence-corrected chi connectivity index (χ2v) is 9.85. The lowest BCUT2D eigenvalue weighted by molar-refractivity contribution is 0.602. The minimum absolute atomic E-state index is 0.118. The van der Waals surface area contributed by atoms with Crippen LogP contribution in [0.25, 0.3) is 33.1 Å². The molecule has 0 unspecified atom stereocenters. The number of sulfone groups is 1. The third kappa shape index (κ3) is 3.79. The van der Waals surface area contributed by atoms with Gasteiger partial charge in [0.25, 0.3) is 0 Å². The first-order valence-corrected chi connectivity index (χ1v) is 12.0. The fourth-order valence-corrected chi connectivity index (χ4v) is 4.80. The van der Waals surface area contributed by atoms with Crippen LogP contribution in [-0.4, -0.2) is 29.2 Å². The quantitative estimate of drug-likeness (QED) is 0.419. The number of anilines is 2. The van der Waals surface area contributed by atoms with Gasteiger partial charge >= 0.3 is 0 Å². The lowest BCUT2D eigenvalue weighted by Crippen LogP contribution is -2.03. The zero-order valence-corrected chi connectivity index (χ0v) is 18.8. The first-order valence-electron chi connectivity index (χ1n) is 10.1. The molecule has 0 spiro atoms. The van der Waals surface area contributed by atoms with E-state index in [1.54, 1.807) is 12.4 Å². The van der Waals surface area contributed by atoms with Crippen LogP contribution in [0.1, 0.15) is 5.56 Å². The van der Waals surface area contributed by atoms with Crippen LogP contribution in [-0.2, 0) is 16.9 Å². The van der Waals surface area contributed by atoms with Crippen molar-refractivity contribution in [1.82, 2.24) is 14.5 Å². The van der Waals surface area contributed by atoms with Crippen LogP contribution >= 0.6 is 0 Å². The van der Waals surface area contributed by atoms with Crippen LogP contribution < -0.4 is 5.32 Å². The first-order chi connectivity index (χ1) is 15.8. The molecule has 0 radical (unpaired) electrons. The first kappa shape index (κ1) is 20.7. The highest BCUT2D eigenvalue weighted by Gasteiger charge is 2.16. The largest absolute Gasteiger partial charge is 0.354 e. The Labute approximate surface area is 190 Å². The number of benzene rings is 3. The van der Waals surface area contributed by atoms with Crippen LogP contribution in [0.5, 0.6) is 0 Å². The Kier molecular flexibility index (Phi) is 4.84. The third-order valence-electron chi connectivity index (χ3n) is 5.56. The smallest absolute Gasteiger partial charge is 0.177 e. The van der Waals surface area contributed by atoms with E-state index in [2.05, 4.69) is 44.1 Å². The molecule has 0 bridgehead atoms. The van der Waals surface area contributed by atoms with Crippen LogP contribution in [0.3, 0.4) is 0 Å². The second kappa shape index (κ2) is 7.73. The molecule has 0 aliphatic rings. The maximum atomic E-state index is 12.3. The van der Waals surface area contributed by atoms with E-state index in [0.29, 0.717) is 22.5 Å². The van der Waals surface area contributed by atoms with Gasteiger partial charge in [0.1, 0.15) is 0 Å². The Hall–Kier alpha value is -4.22. The number of hydrogen-bond acceptors (Lipinski definition) is 6. The zero-order chi connectivity index (χ0) is 23.2. The van der Waals surface area contributed by atoms with E-state index in [-0.39, 0.29) is 4.90 Å². The molecule has 1 N–H and O–H groups in total. The number of nitrogens with one attached hydrogen (secondary N) is 1. The van der Waals surface area contributed by atoms with Gasteiger partial charge < -0.3 is 9.88 Å². The van der Waals surface area contributed by atoms with Crippen LogP contribution in [0.4, 0.5) is 11.4 Å². The van der Waals surface area contributed by atoms with Crippen molar-refractivity contribution in [3.63, 3.8) is 0 Å². The molecule has 0 aliphatic heterocycles. The van der Waals surface area contributed by atoms with Crippen molar-refractivity contribution in [3.05, 3.63) is 78.8 Å². The number of rotatable bonds is 4. The Balaban J connectivity index is 1.70. The summed E-state index contributed by atoms with van der Waals surface area (Å²) in [5.41, 5.74) is 5.67. The van der Waals surface area contributed by atoms with Crippen molar-refractivity contribution in [2.24, 2.45) is 7.05 Å². The van der Waals surface area contributed by atoms with Gasteiger partial charge in [-0.1, -0.05) is 12.1 Å². The molecule has 33 heavy (non-hydrogen) atoms.